The number of aromatic nitrogens is 1. The molecule has 14 heavy (non-hydrogen) atoms. The highest BCUT2D eigenvalue weighted by atomic mass is 35.5. The van der Waals surface area contributed by atoms with Crippen LogP contribution in [-0.4, -0.2) is 4.98 Å². The summed E-state index contributed by atoms with van der Waals surface area (Å²) in [6.45, 7) is 4.14. The maximum Gasteiger partial charge on any atom is 0.132 e. The predicted octanol–water partition coefficient (Wildman–Crippen LogP) is 3.76. The van der Waals surface area contributed by atoms with Gasteiger partial charge in [0.25, 0.3) is 0 Å². The monoisotopic (exact) mass is 205 g/mol. The maximum atomic E-state index is 6.06. The van der Waals surface area contributed by atoms with Crippen molar-refractivity contribution in [2.24, 2.45) is 0 Å². The zero-order chi connectivity index (χ0) is 10.1. The van der Waals surface area contributed by atoms with E-state index >= 15 is 0 Å². The number of fused-ring (bicyclic) bond motifs is 1. The van der Waals surface area contributed by atoms with E-state index in [0.29, 0.717) is 5.15 Å². The molecule has 0 saturated carbocycles. The first-order valence-electron chi connectivity index (χ1n) is 4.77. The van der Waals surface area contributed by atoms with Crippen molar-refractivity contribution in [3.8, 4) is 0 Å². The quantitative estimate of drug-likeness (QED) is 0.646. The van der Waals surface area contributed by atoms with Gasteiger partial charge >= 0.3 is 0 Å². The number of hydrogen-bond acceptors (Lipinski definition) is 1. The molecule has 0 aliphatic carbocycles. The van der Waals surface area contributed by atoms with E-state index < -0.39 is 0 Å². The molecule has 0 aliphatic rings. The fourth-order valence-electron chi connectivity index (χ4n) is 1.62. The molecule has 0 N–H and O–H groups in total. The van der Waals surface area contributed by atoms with Crippen molar-refractivity contribution in [2.75, 3.05) is 0 Å². The lowest BCUT2D eigenvalue weighted by Crippen LogP contribution is -1.89. The van der Waals surface area contributed by atoms with Crippen LogP contribution in [0.25, 0.3) is 10.9 Å². The van der Waals surface area contributed by atoms with E-state index in [0.717, 1.165) is 17.5 Å². The van der Waals surface area contributed by atoms with Gasteiger partial charge in [-0.1, -0.05) is 36.7 Å². The number of rotatable bonds is 1. The molecule has 0 saturated heterocycles. The second-order valence-electron chi connectivity index (χ2n) is 3.44. The van der Waals surface area contributed by atoms with Crippen molar-refractivity contribution in [3.05, 3.63) is 40.5 Å². The van der Waals surface area contributed by atoms with E-state index in [2.05, 4.69) is 37.0 Å². The Balaban J connectivity index is 2.79. The molecule has 0 atom stereocenters. The van der Waals surface area contributed by atoms with Gasteiger partial charge < -0.3 is 0 Å². The van der Waals surface area contributed by atoms with Crippen LogP contribution in [0.3, 0.4) is 0 Å². The molecule has 1 heterocycles. The number of nitrogens with zero attached hydrogens (tertiary/aromatic N) is 1. The van der Waals surface area contributed by atoms with Crippen LogP contribution in [0.4, 0.5) is 0 Å². The van der Waals surface area contributed by atoms with Gasteiger partial charge in [0.05, 0.1) is 5.52 Å². The second kappa shape index (κ2) is 3.58. The molecule has 2 rings (SSSR count). The lowest BCUT2D eigenvalue weighted by molar-refractivity contribution is 1.12. The summed E-state index contributed by atoms with van der Waals surface area (Å²) in [6.07, 6.45) is 0.926. The summed E-state index contributed by atoms with van der Waals surface area (Å²) in [5.41, 5.74) is 3.30. The summed E-state index contributed by atoms with van der Waals surface area (Å²) in [7, 11) is 0. The molecule has 2 aromatic rings. The van der Waals surface area contributed by atoms with Crippen molar-refractivity contribution in [1.29, 1.82) is 0 Å². The third-order valence-corrected chi connectivity index (χ3v) is 2.78. The van der Waals surface area contributed by atoms with E-state index in [1.807, 2.05) is 6.07 Å². The molecule has 0 unspecified atom stereocenters. The lowest BCUT2D eigenvalue weighted by Gasteiger charge is -2.05. The van der Waals surface area contributed by atoms with Crippen molar-refractivity contribution >= 4 is 22.5 Å². The summed E-state index contributed by atoms with van der Waals surface area (Å²) in [5.74, 6) is 0. The van der Waals surface area contributed by atoms with E-state index in [1.54, 1.807) is 0 Å². The number of hydrogen-bond donors (Lipinski definition) is 0. The third kappa shape index (κ3) is 1.48. The van der Waals surface area contributed by atoms with Crippen LogP contribution in [0.2, 0.25) is 5.15 Å². The largest absolute Gasteiger partial charge is 0.236 e. The Morgan fingerprint density at radius 3 is 2.86 bits per heavy atom. The zero-order valence-electron chi connectivity index (χ0n) is 8.34. The van der Waals surface area contributed by atoms with Gasteiger partial charge in [0, 0.05) is 5.39 Å². The summed E-state index contributed by atoms with van der Waals surface area (Å²) >= 11 is 6.06. The van der Waals surface area contributed by atoms with Crippen LogP contribution in [0.5, 0.6) is 0 Å². The molecule has 1 aromatic heterocycles. The highest BCUT2D eigenvalue weighted by Crippen LogP contribution is 2.22. The minimum atomic E-state index is 0.634. The molecule has 0 spiro atoms. The van der Waals surface area contributed by atoms with Crippen LogP contribution in [0.15, 0.2) is 24.3 Å². The Hall–Kier alpha value is -1.08. The molecular formula is C12H12ClN. The smallest absolute Gasteiger partial charge is 0.132 e. The van der Waals surface area contributed by atoms with Gasteiger partial charge in [-0.3, -0.25) is 0 Å². The molecule has 0 amide bonds. The van der Waals surface area contributed by atoms with Crippen molar-refractivity contribution < 1.29 is 0 Å². The van der Waals surface area contributed by atoms with Crippen LogP contribution in [0, 0.1) is 6.92 Å². The first-order chi connectivity index (χ1) is 6.72. The minimum Gasteiger partial charge on any atom is -0.236 e. The molecular weight excluding hydrogens is 194 g/mol. The van der Waals surface area contributed by atoms with E-state index in [4.69, 9.17) is 11.6 Å². The van der Waals surface area contributed by atoms with Crippen LogP contribution in [-0.2, 0) is 6.42 Å². The zero-order valence-corrected chi connectivity index (χ0v) is 9.10. The molecule has 72 valence electrons. The fraction of sp³-hybridized carbons (Fsp3) is 0.250. The molecule has 0 bridgehead atoms. The molecule has 1 aromatic carbocycles. The van der Waals surface area contributed by atoms with Gasteiger partial charge in [0.1, 0.15) is 5.15 Å². The third-order valence-electron chi connectivity index (χ3n) is 2.45. The standard InChI is InChI=1S/C12H12ClN/c1-3-9-7-10-6-4-5-8(2)11(10)14-12(9)13/h4-7H,3H2,1-2H3. The van der Waals surface area contributed by atoms with Crippen molar-refractivity contribution in [2.45, 2.75) is 20.3 Å². The Kier molecular flexibility index (Phi) is 2.42. The van der Waals surface area contributed by atoms with Crippen molar-refractivity contribution in [1.82, 2.24) is 4.98 Å². The number of pyridine rings is 1. The second-order valence-corrected chi connectivity index (χ2v) is 3.80. The summed E-state index contributed by atoms with van der Waals surface area (Å²) in [5, 5.41) is 1.81. The highest BCUT2D eigenvalue weighted by Gasteiger charge is 2.04. The average molecular weight is 206 g/mol. The summed E-state index contributed by atoms with van der Waals surface area (Å²) < 4.78 is 0. The maximum absolute atomic E-state index is 6.06. The van der Waals surface area contributed by atoms with Gasteiger partial charge in [0.15, 0.2) is 0 Å². The topological polar surface area (TPSA) is 12.9 Å². The Morgan fingerprint density at radius 2 is 2.14 bits per heavy atom. The number of halogens is 1. The number of benzene rings is 1. The Bertz CT molecular complexity index is 477. The summed E-state index contributed by atoms with van der Waals surface area (Å²) in [6, 6.07) is 8.30. The normalized spacial score (nSPS) is 10.8. The molecule has 0 fully saturated rings. The summed E-state index contributed by atoms with van der Waals surface area (Å²) in [4.78, 5) is 4.41. The SMILES string of the molecule is CCc1cc2cccc(C)c2nc1Cl. The minimum absolute atomic E-state index is 0.634. The number of para-hydroxylation sites is 1. The lowest BCUT2D eigenvalue weighted by atomic mass is 10.1. The molecule has 1 nitrogen and oxygen atoms in total. The molecule has 0 radical (unpaired) electrons. The van der Waals surface area contributed by atoms with Gasteiger partial charge in [-0.15, -0.1) is 0 Å². The van der Waals surface area contributed by atoms with Crippen LogP contribution >= 0.6 is 11.6 Å². The molecule has 2 heteroatoms. The Labute approximate surface area is 88.7 Å². The van der Waals surface area contributed by atoms with Crippen LogP contribution in [0.1, 0.15) is 18.1 Å². The van der Waals surface area contributed by atoms with Gasteiger partial charge in [-0.05, 0) is 30.5 Å². The predicted molar refractivity (Wildman–Crippen MR) is 60.9 cm³/mol. The van der Waals surface area contributed by atoms with Gasteiger partial charge in [0.2, 0.25) is 0 Å². The van der Waals surface area contributed by atoms with Gasteiger partial charge in [-0.2, -0.15) is 0 Å². The van der Waals surface area contributed by atoms with Crippen molar-refractivity contribution in [3.63, 3.8) is 0 Å². The average Bonchev–Trinajstić information content (AvgIpc) is 2.19. The van der Waals surface area contributed by atoms with Crippen LogP contribution < -0.4 is 0 Å². The van der Waals surface area contributed by atoms with E-state index in [-0.39, 0.29) is 0 Å². The van der Waals surface area contributed by atoms with Gasteiger partial charge in [-0.25, -0.2) is 4.98 Å². The van der Waals surface area contributed by atoms with E-state index in [9.17, 15) is 0 Å². The molecule has 0 aliphatic heterocycles. The Morgan fingerprint density at radius 1 is 1.36 bits per heavy atom. The first kappa shape index (κ1) is 9.47. The van der Waals surface area contributed by atoms with E-state index in [1.165, 1.54) is 10.9 Å². The fourth-order valence-corrected chi connectivity index (χ4v) is 1.89. The first-order valence-corrected chi connectivity index (χ1v) is 5.15. The number of aryl methyl sites for hydroxylation is 2. The highest BCUT2D eigenvalue weighted by molar-refractivity contribution is 6.30.